The molecule has 0 fully saturated rings. The van der Waals surface area contributed by atoms with Crippen molar-refractivity contribution >= 4 is 11.6 Å². The van der Waals surface area contributed by atoms with Crippen molar-refractivity contribution in [2.45, 2.75) is 13.0 Å². The summed E-state index contributed by atoms with van der Waals surface area (Å²) < 4.78 is 5.28. The van der Waals surface area contributed by atoms with Crippen LogP contribution in [0.3, 0.4) is 0 Å². The van der Waals surface area contributed by atoms with Gasteiger partial charge in [0, 0.05) is 24.7 Å². The molecule has 1 N–H and O–H groups in total. The lowest BCUT2D eigenvalue weighted by Gasteiger charge is -2.25. The Balaban J connectivity index is 2.71. The van der Waals surface area contributed by atoms with Gasteiger partial charge in [0.15, 0.2) is 0 Å². The van der Waals surface area contributed by atoms with Crippen LogP contribution in [0.4, 0.5) is 0 Å². The molecule has 19 heavy (non-hydrogen) atoms. The summed E-state index contributed by atoms with van der Waals surface area (Å²) in [4.78, 5) is 2.20. The largest absolute Gasteiger partial charge is 0.497 e. The Labute approximate surface area is 121 Å². The van der Waals surface area contributed by atoms with Gasteiger partial charge in [-0.2, -0.15) is 0 Å². The summed E-state index contributed by atoms with van der Waals surface area (Å²) >= 11 is 5.66. The molecule has 0 aliphatic heterocycles. The molecule has 0 heterocycles. The number of benzene rings is 1. The van der Waals surface area contributed by atoms with Gasteiger partial charge in [-0.3, -0.25) is 0 Å². The first-order valence-corrected chi connectivity index (χ1v) is 6.79. The van der Waals surface area contributed by atoms with Crippen molar-refractivity contribution in [2.75, 3.05) is 34.3 Å². The fraction of sp³-hybridized carbons (Fsp3) is 0.467. The number of likely N-dealkylation sites (N-methyl/N-ethyl adjacent to an activating group) is 1. The van der Waals surface area contributed by atoms with E-state index in [0.717, 1.165) is 24.4 Å². The van der Waals surface area contributed by atoms with Gasteiger partial charge in [0.25, 0.3) is 0 Å². The summed E-state index contributed by atoms with van der Waals surface area (Å²) in [5.74, 6) is 0.890. The maximum atomic E-state index is 5.66. The molecule has 1 aromatic carbocycles. The predicted octanol–water partition coefficient (Wildman–Crippen LogP) is 3.03. The lowest BCUT2D eigenvalue weighted by Crippen LogP contribution is -2.31. The van der Waals surface area contributed by atoms with Crippen LogP contribution >= 0.6 is 11.6 Å². The molecule has 1 atom stereocenters. The Morgan fingerprint density at radius 2 is 2.21 bits per heavy atom. The molecule has 0 bridgehead atoms. The van der Waals surface area contributed by atoms with Gasteiger partial charge in [0.05, 0.1) is 7.11 Å². The minimum absolute atomic E-state index is 0.304. The molecular formula is C15H23ClN2O. The molecule has 4 heteroatoms. The van der Waals surface area contributed by atoms with Crippen LogP contribution in [-0.4, -0.2) is 39.2 Å². The van der Waals surface area contributed by atoms with E-state index in [0.29, 0.717) is 6.04 Å². The van der Waals surface area contributed by atoms with Crippen molar-refractivity contribution in [3.8, 4) is 5.75 Å². The van der Waals surface area contributed by atoms with Crippen molar-refractivity contribution in [1.82, 2.24) is 10.2 Å². The van der Waals surface area contributed by atoms with E-state index in [1.165, 1.54) is 5.56 Å². The maximum Gasteiger partial charge on any atom is 0.119 e. The number of ether oxygens (including phenoxy) is 1. The van der Waals surface area contributed by atoms with Gasteiger partial charge >= 0.3 is 0 Å². The Kier molecular flexibility index (Phi) is 6.92. The first kappa shape index (κ1) is 16.0. The number of halogens is 1. The minimum atomic E-state index is 0.304. The monoisotopic (exact) mass is 282 g/mol. The second kappa shape index (κ2) is 8.20. The lowest BCUT2D eigenvalue weighted by molar-refractivity contribution is 0.290. The van der Waals surface area contributed by atoms with Gasteiger partial charge in [0.2, 0.25) is 0 Å². The Hall–Kier alpha value is -1.03. The Morgan fingerprint density at radius 1 is 1.47 bits per heavy atom. The van der Waals surface area contributed by atoms with Gasteiger partial charge in [-0.25, -0.2) is 0 Å². The Morgan fingerprint density at radius 3 is 2.79 bits per heavy atom. The van der Waals surface area contributed by atoms with Crippen molar-refractivity contribution in [1.29, 1.82) is 0 Å². The van der Waals surface area contributed by atoms with E-state index in [1.807, 2.05) is 19.1 Å². The summed E-state index contributed by atoms with van der Waals surface area (Å²) in [5, 5.41) is 3.42. The van der Waals surface area contributed by atoms with Crippen LogP contribution in [0, 0.1) is 0 Å². The molecule has 0 saturated heterocycles. The van der Waals surface area contributed by atoms with Crippen LogP contribution in [-0.2, 0) is 0 Å². The van der Waals surface area contributed by atoms with E-state index in [1.54, 1.807) is 12.6 Å². The van der Waals surface area contributed by atoms with E-state index >= 15 is 0 Å². The van der Waals surface area contributed by atoms with E-state index in [9.17, 15) is 0 Å². The molecule has 1 rings (SSSR count). The third-order valence-electron chi connectivity index (χ3n) is 3.03. The summed E-state index contributed by atoms with van der Waals surface area (Å²) in [7, 11) is 5.85. The molecule has 0 aromatic heterocycles. The van der Waals surface area contributed by atoms with E-state index in [2.05, 4.69) is 36.4 Å². The summed E-state index contributed by atoms with van der Waals surface area (Å²) in [6.45, 7) is 3.68. The molecular weight excluding hydrogens is 260 g/mol. The number of nitrogens with zero attached hydrogens (tertiary/aromatic N) is 1. The topological polar surface area (TPSA) is 24.5 Å². The van der Waals surface area contributed by atoms with Gasteiger partial charge in [-0.1, -0.05) is 23.7 Å². The zero-order chi connectivity index (χ0) is 14.3. The molecule has 0 saturated carbocycles. The minimum Gasteiger partial charge on any atom is -0.497 e. The number of hydrogen-bond acceptors (Lipinski definition) is 3. The van der Waals surface area contributed by atoms with E-state index in [-0.39, 0.29) is 0 Å². The van der Waals surface area contributed by atoms with Gasteiger partial charge in [-0.15, -0.1) is 0 Å². The number of rotatable bonds is 7. The first-order chi connectivity index (χ1) is 9.08. The highest BCUT2D eigenvalue weighted by atomic mass is 35.5. The molecule has 3 nitrogen and oxygen atoms in total. The van der Waals surface area contributed by atoms with Crippen LogP contribution in [0.5, 0.6) is 5.75 Å². The van der Waals surface area contributed by atoms with Crippen molar-refractivity contribution in [2.24, 2.45) is 0 Å². The van der Waals surface area contributed by atoms with Crippen molar-refractivity contribution in [3.63, 3.8) is 0 Å². The smallest absolute Gasteiger partial charge is 0.119 e. The lowest BCUT2D eigenvalue weighted by atomic mass is 10.1. The molecule has 0 radical (unpaired) electrons. The predicted molar refractivity (Wildman–Crippen MR) is 81.9 cm³/mol. The second-order valence-corrected chi connectivity index (χ2v) is 5.06. The van der Waals surface area contributed by atoms with Crippen molar-refractivity contribution in [3.05, 3.63) is 40.9 Å². The van der Waals surface area contributed by atoms with Gasteiger partial charge in [0.1, 0.15) is 5.75 Å². The van der Waals surface area contributed by atoms with Crippen LogP contribution in [0.2, 0.25) is 0 Å². The second-order valence-electron chi connectivity index (χ2n) is 4.84. The zero-order valence-electron chi connectivity index (χ0n) is 12.1. The Bertz CT molecular complexity index is 418. The first-order valence-electron chi connectivity index (χ1n) is 6.35. The van der Waals surface area contributed by atoms with Crippen LogP contribution < -0.4 is 10.1 Å². The molecule has 1 unspecified atom stereocenters. The standard InChI is InChI=1S/C15H23ClN2O/c1-12(9-16)10-17-11-15(18(2)3)13-6-5-7-14(8-13)19-4/h5-9,15,17H,10-11H2,1-4H3/b12-9+. The average Bonchev–Trinajstić information content (AvgIpc) is 2.42. The summed E-state index contributed by atoms with van der Waals surface area (Å²) in [6.07, 6.45) is 0. The highest BCUT2D eigenvalue weighted by Crippen LogP contribution is 2.22. The third-order valence-corrected chi connectivity index (χ3v) is 3.40. The van der Waals surface area contributed by atoms with Gasteiger partial charge < -0.3 is 15.0 Å². The highest BCUT2D eigenvalue weighted by Gasteiger charge is 2.14. The molecule has 0 amide bonds. The highest BCUT2D eigenvalue weighted by molar-refractivity contribution is 6.25. The SMILES string of the molecule is COc1cccc(C(CNC/C(C)=C/Cl)N(C)C)c1. The average molecular weight is 283 g/mol. The number of hydrogen-bond donors (Lipinski definition) is 1. The fourth-order valence-electron chi connectivity index (χ4n) is 1.89. The van der Waals surface area contributed by atoms with E-state index in [4.69, 9.17) is 16.3 Å². The maximum absolute atomic E-state index is 5.66. The van der Waals surface area contributed by atoms with Crippen LogP contribution in [0.25, 0.3) is 0 Å². The summed E-state index contributed by atoms with van der Waals surface area (Å²) in [6, 6.07) is 8.49. The molecule has 0 aliphatic rings. The molecule has 0 aliphatic carbocycles. The molecule has 1 aromatic rings. The zero-order valence-corrected chi connectivity index (χ0v) is 12.9. The van der Waals surface area contributed by atoms with Gasteiger partial charge in [-0.05, 0) is 44.3 Å². The number of nitrogens with one attached hydrogen (secondary N) is 1. The normalized spacial score (nSPS) is 13.7. The molecule has 0 spiro atoms. The fourth-order valence-corrected chi connectivity index (χ4v) is 1.97. The van der Waals surface area contributed by atoms with Crippen LogP contribution in [0.15, 0.2) is 35.4 Å². The summed E-state index contributed by atoms with van der Waals surface area (Å²) in [5.41, 5.74) is 3.98. The quantitative estimate of drug-likeness (QED) is 0.832. The van der Waals surface area contributed by atoms with E-state index < -0.39 is 0 Å². The molecule has 106 valence electrons. The number of methoxy groups -OCH3 is 1. The third kappa shape index (κ3) is 5.23. The van der Waals surface area contributed by atoms with Crippen molar-refractivity contribution < 1.29 is 4.74 Å². The van der Waals surface area contributed by atoms with Crippen LogP contribution in [0.1, 0.15) is 18.5 Å².